The van der Waals surface area contributed by atoms with E-state index < -0.39 is 10.0 Å². The highest BCUT2D eigenvalue weighted by Gasteiger charge is 2.41. The predicted octanol–water partition coefficient (Wildman–Crippen LogP) is 2.49. The topological polar surface area (TPSA) is 63.4 Å². The zero-order valence-corrected chi connectivity index (χ0v) is 12.1. The Balaban J connectivity index is 1.96. The maximum Gasteiger partial charge on any atom is 0.244 e. The van der Waals surface area contributed by atoms with Gasteiger partial charge in [0.25, 0.3) is 0 Å². The molecule has 1 aromatic carbocycles. The molecule has 3 rings (SSSR count). The number of benzene rings is 1. The Kier molecular flexibility index (Phi) is 3.23. The third-order valence-corrected chi connectivity index (χ3v) is 6.03. The van der Waals surface area contributed by atoms with E-state index in [1.54, 1.807) is 16.4 Å². The van der Waals surface area contributed by atoms with Crippen molar-refractivity contribution in [2.24, 2.45) is 5.92 Å². The normalized spacial score (nSPS) is 19.9. The number of hydrogen-bond acceptors (Lipinski definition) is 3. The maximum atomic E-state index is 12.7. The summed E-state index contributed by atoms with van der Waals surface area (Å²) in [5.74, 6) is 0.523. The molecule has 0 amide bonds. The van der Waals surface area contributed by atoms with Crippen molar-refractivity contribution in [2.75, 3.05) is 12.3 Å². The molecule has 0 radical (unpaired) electrons. The molecule has 2 fully saturated rings. The van der Waals surface area contributed by atoms with Gasteiger partial charge in [0.05, 0.1) is 5.02 Å². The standard InChI is InChI=1S/C13H17ClN2O2S/c14-12-6-3-10(15)7-13(12)19(17,18)16(11-4-5-11)8-9-1-2-9/h3,6-7,9,11H,1-2,4-5,8,15H2. The van der Waals surface area contributed by atoms with E-state index in [0.29, 0.717) is 18.2 Å². The second-order valence-electron chi connectivity index (χ2n) is 5.44. The minimum atomic E-state index is -3.52. The van der Waals surface area contributed by atoms with E-state index in [1.807, 2.05) is 0 Å². The molecule has 19 heavy (non-hydrogen) atoms. The van der Waals surface area contributed by atoms with Crippen molar-refractivity contribution in [1.82, 2.24) is 4.31 Å². The molecule has 2 aliphatic rings. The van der Waals surface area contributed by atoms with Gasteiger partial charge in [-0.25, -0.2) is 8.42 Å². The Labute approximate surface area is 118 Å². The first kappa shape index (κ1) is 13.2. The smallest absolute Gasteiger partial charge is 0.244 e. The Morgan fingerprint density at radius 1 is 1.26 bits per heavy atom. The van der Waals surface area contributed by atoms with Crippen molar-refractivity contribution >= 4 is 27.3 Å². The third kappa shape index (κ3) is 2.73. The van der Waals surface area contributed by atoms with Crippen LogP contribution in [-0.4, -0.2) is 25.3 Å². The molecule has 1 aromatic rings. The average Bonchev–Trinajstić information content (AvgIpc) is 3.22. The molecular formula is C13H17ClN2O2S. The van der Waals surface area contributed by atoms with E-state index in [1.165, 1.54) is 6.07 Å². The number of halogens is 1. The van der Waals surface area contributed by atoms with Crippen LogP contribution >= 0.6 is 11.6 Å². The van der Waals surface area contributed by atoms with E-state index >= 15 is 0 Å². The molecule has 0 unspecified atom stereocenters. The SMILES string of the molecule is Nc1ccc(Cl)c(S(=O)(=O)N(CC2CC2)C2CC2)c1. The number of sulfonamides is 1. The van der Waals surface area contributed by atoms with Gasteiger partial charge in [0.1, 0.15) is 4.90 Å². The van der Waals surface area contributed by atoms with Crippen LogP contribution in [0, 0.1) is 5.92 Å². The van der Waals surface area contributed by atoms with E-state index in [4.69, 9.17) is 17.3 Å². The molecule has 0 aromatic heterocycles. The second kappa shape index (κ2) is 4.65. The summed E-state index contributed by atoms with van der Waals surface area (Å²) in [7, 11) is -3.52. The maximum absolute atomic E-state index is 12.7. The van der Waals surface area contributed by atoms with Gasteiger partial charge in [-0.3, -0.25) is 0 Å². The summed E-state index contributed by atoms with van der Waals surface area (Å²) in [6, 6.07) is 4.78. The number of rotatable bonds is 5. The highest BCUT2D eigenvalue weighted by atomic mass is 35.5. The third-order valence-electron chi connectivity index (χ3n) is 3.63. The first-order chi connectivity index (χ1) is 8.98. The number of hydrogen-bond donors (Lipinski definition) is 1. The van der Waals surface area contributed by atoms with Crippen LogP contribution in [0.15, 0.2) is 23.1 Å². The van der Waals surface area contributed by atoms with Gasteiger partial charge in [0.15, 0.2) is 0 Å². The van der Waals surface area contributed by atoms with Gasteiger partial charge in [-0.15, -0.1) is 0 Å². The molecule has 2 aliphatic carbocycles. The van der Waals surface area contributed by atoms with E-state index in [2.05, 4.69) is 0 Å². The summed E-state index contributed by atoms with van der Waals surface area (Å²) in [6.07, 6.45) is 4.16. The first-order valence-electron chi connectivity index (χ1n) is 6.55. The summed E-state index contributed by atoms with van der Waals surface area (Å²) in [6.45, 7) is 0.623. The monoisotopic (exact) mass is 300 g/mol. The molecule has 2 N–H and O–H groups in total. The van der Waals surface area contributed by atoms with Gasteiger partial charge in [0.2, 0.25) is 10.0 Å². The number of nitrogen functional groups attached to an aromatic ring is 1. The Hall–Kier alpha value is -0.780. The van der Waals surface area contributed by atoms with Crippen LogP contribution in [0.3, 0.4) is 0 Å². The molecule has 104 valence electrons. The van der Waals surface area contributed by atoms with Crippen LogP contribution in [0.5, 0.6) is 0 Å². The number of anilines is 1. The zero-order chi connectivity index (χ0) is 13.6. The molecule has 0 saturated heterocycles. The van der Waals surface area contributed by atoms with E-state index in [9.17, 15) is 8.42 Å². The lowest BCUT2D eigenvalue weighted by Gasteiger charge is -2.22. The van der Waals surface area contributed by atoms with E-state index in [-0.39, 0.29) is 16.0 Å². The number of nitrogens with two attached hydrogens (primary N) is 1. The summed E-state index contributed by atoms with van der Waals surface area (Å²) in [4.78, 5) is 0.140. The van der Waals surface area contributed by atoms with Crippen molar-refractivity contribution in [3.05, 3.63) is 23.2 Å². The van der Waals surface area contributed by atoms with Gasteiger partial charge in [0, 0.05) is 18.3 Å². The lowest BCUT2D eigenvalue weighted by Crippen LogP contribution is -2.35. The highest BCUT2D eigenvalue weighted by molar-refractivity contribution is 7.89. The van der Waals surface area contributed by atoms with Crippen LogP contribution < -0.4 is 5.73 Å². The minimum absolute atomic E-state index is 0.140. The van der Waals surface area contributed by atoms with Gasteiger partial charge in [-0.2, -0.15) is 4.31 Å². The van der Waals surface area contributed by atoms with Gasteiger partial charge in [-0.05, 0) is 49.8 Å². The van der Waals surface area contributed by atoms with Crippen molar-refractivity contribution in [2.45, 2.75) is 36.6 Å². The molecule has 6 heteroatoms. The largest absolute Gasteiger partial charge is 0.399 e. The Bertz CT molecular complexity index is 595. The van der Waals surface area contributed by atoms with Crippen LogP contribution in [-0.2, 0) is 10.0 Å². The van der Waals surface area contributed by atoms with Crippen molar-refractivity contribution in [3.63, 3.8) is 0 Å². The van der Waals surface area contributed by atoms with Crippen LogP contribution in [0.4, 0.5) is 5.69 Å². The first-order valence-corrected chi connectivity index (χ1v) is 8.37. The molecule has 0 heterocycles. The lowest BCUT2D eigenvalue weighted by molar-refractivity contribution is 0.389. The molecule has 4 nitrogen and oxygen atoms in total. The van der Waals surface area contributed by atoms with Crippen molar-refractivity contribution in [1.29, 1.82) is 0 Å². The Morgan fingerprint density at radius 3 is 2.53 bits per heavy atom. The van der Waals surface area contributed by atoms with Crippen LogP contribution in [0.1, 0.15) is 25.7 Å². The van der Waals surface area contributed by atoms with Crippen LogP contribution in [0.2, 0.25) is 5.02 Å². The molecule has 2 saturated carbocycles. The summed E-state index contributed by atoms with van der Waals surface area (Å²) in [5.41, 5.74) is 6.11. The van der Waals surface area contributed by atoms with Gasteiger partial charge >= 0.3 is 0 Å². The predicted molar refractivity (Wildman–Crippen MR) is 75.5 cm³/mol. The fourth-order valence-corrected chi connectivity index (χ4v) is 4.48. The fraction of sp³-hybridized carbons (Fsp3) is 0.538. The molecule has 0 atom stereocenters. The summed E-state index contributed by atoms with van der Waals surface area (Å²) < 4.78 is 27.1. The lowest BCUT2D eigenvalue weighted by atomic mass is 10.3. The van der Waals surface area contributed by atoms with Crippen LogP contribution in [0.25, 0.3) is 0 Å². The number of nitrogens with zero attached hydrogens (tertiary/aromatic N) is 1. The summed E-state index contributed by atoms with van der Waals surface area (Å²) in [5, 5.41) is 0.246. The zero-order valence-electron chi connectivity index (χ0n) is 10.5. The molecular weight excluding hydrogens is 284 g/mol. The summed E-state index contributed by atoms with van der Waals surface area (Å²) >= 11 is 6.04. The quantitative estimate of drug-likeness (QED) is 0.850. The fourth-order valence-electron chi connectivity index (χ4n) is 2.20. The van der Waals surface area contributed by atoms with Crippen molar-refractivity contribution < 1.29 is 8.42 Å². The van der Waals surface area contributed by atoms with E-state index in [0.717, 1.165) is 25.7 Å². The van der Waals surface area contributed by atoms with Gasteiger partial charge in [-0.1, -0.05) is 11.6 Å². The minimum Gasteiger partial charge on any atom is -0.399 e. The average molecular weight is 301 g/mol. The second-order valence-corrected chi connectivity index (χ2v) is 7.71. The molecule has 0 bridgehead atoms. The van der Waals surface area contributed by atoms with Crippen molar-refractivity contribution in [3.8, 4) is 0 Å². The Morgan fingerprint density at radius 2 is 1.95 bits per heavy atom. The van der Waals surface area contributed by atoms with Gasteiger partial charge < -0.3 is 5.73 Å². The molecule has 0 aliphatic heterocycles. The molecule has 0 spiro atoms. The highest BCUT2D eigenvalue weighted by Crippen LogP contribution is 2.39.